The average molecular weight is 241 g/mol. The van der Waals surface area contributed by atoms with Crippen LogP contribution in [-0.2, 0) is 0 Å². The van der Waals surface area contributed by atoms with Gasteiger partial charge in [-0.15, -0.1) is 0 Å². The van der Waals surface area contributed by atoms with Crippen molar-refractivity contribution < 1.29 is 9.90 Å². The summed E-state index contributed by atoms with van der Waals surface area (Å²) in [5, 5.41) is 9.50. The van der Waals surface area contributed by atoms with Gasteiger partial charge in [0.1, 0.15) is 5.75 Å². The lowest BCUT2D eigenvalue weighted by Gasteiger charge is -2.17. The number of carbonyl (C=O) groups is 1. The van der Waals surface area contributed by atoms with Gasteiger partial charge in [-0.3, -0.25) is 4.79 Å². The Kier molecular flexibility index (Phi) is 3.33. The molecule has 0 amide bonds. The first-order valence-electron chi connectivity index (χ1n) is 5.69. The van der Waals surface area contributed by atoms with Crippen molar-refractivity contribution in [2.75, 3.05) is 19.0 Å². The third-order valence-corrected chi connectivity index (χ3v) is 2.74. The van der Waals surface area contributed by atoms with Crippen molar-refractivity contribution in [1.82, 2.24) is 0 Å². The van der Waals surface area contributed by atoms with Crippen molar-refractivity contribution in [1.29, 1.82) is 0 Å². The number of nitrogens with zero attached hydrogens (tertiary/aromatic N) is 1. The van der Waals surface area contributed by atoms with E-state index in [0.717, 1.165) is 0 Å². The third-order valence-electron chi connectivity index (χ3n) is 2.74. The minimum atomic E-state index is -0.0423. The van der Waals surface area contributed by atoms with Crippen molar-refractivity contribution in [2.24, 2.45) is 0 Å². The van der Waals surface area contributed by atoms with Crippen molar-refractivity contribution >= 4 is 11.5 Å². The van der Waals surface area contributed by atoms with E-state index in [-0.39, 0.29) is 11.5 Å². The molecular weight excluding hydrogens is 226 g/mol. The maximum absolute atomic E-state index is 12.4. The molecule has 0 aliphatic heterocycles. The molecule has 0 aliphatic carbocycles. The van der Waals surface area contributed by atoms with Crippen LogP contribution >= 0.6 is 0 Å². The van der Waals surface area contributed by atoms with Gasteiger partial charge in [0.25, 0.3) is 0 Å². The van der Waals surface area contributed by atoms with E-state index in [1.165, 1.54) is 6.07 Å². The molecule has 0 saturated carbocycles. The van der Waals surface area contributed by atoms with Crippen LogP contribution < -0.4 is 4.90 Å². The van der Waals surface area contributed by atoms with Gasteiger partial charge in [0.2, 0.25) is 0 Å². The fourth-order valence-electron chi connectivity index (χ4n) is 1.83. The lowest BCUT2D eigenvalue weighted by molar-refractivity contribution is 0.103. The number of phenols is 1. The average Bonchev–Trinajstić information content (AvgIpc) is 2.39. The fraction of sp³-hybridized carbons (Fsp3) is 0.133. The van der Waals surface area contributed by atoms with Gasteiger partial charge >= 0.3 is 0 Å². The Morgan fingerprint density at radius 2 is 1.72 bits per heavy atom. The van der Waals surface area contributed by atoms with Crippen LogP contribution in [0.2, 0.25) is 0 Å². The van der Waals surface area contributed by atoms with E-state index in [4.69, 9.17) is 0 Å². The molecule has 0 saturated heterocycles. The summed E-state index contributed by atoms with van der Waals surface area (Å²) in [7, 11) is 3.69. The molecule has 0 fully saturated rings. The minimum absolute atomic E-state index is 0.0423. The minimum Gasteiger partial charge on any atom is -0.508 e. The van der Waals surface area contributed by atoms with Gasteiger partial charge in [-0.2, -0.15) is 0 Å². The van der Waals surface area contributed by atoms with E-state index in [1.807, 2.05) is 37.2 Å². The highest BCUT2D eigenvalue weighted by Crippen LogP contribution is 2.26. The summed E-state index contributed by atoms with van der Waals surface area (Å²) in [6.07, 6.45) is 0. The first kappa shape index (κ1) is 12.2. The number of anilines is 1. The predicted molar refractivity (Wildman–Crippen MR) is 72.3 cm³/mol. The van der Waals surface area contributed by atoms with Crippen LogP contribution in [0.3, 0.4) is 0 Å². The van der Waals surface area contributed by atoms with Crippen molar-refractivity contribution in [2.45, 2.75) is 0 Å². The molecule has 0 aliphatic rings. The van der Waals surface area contributed by atoms with Gasteiger partial charge in [0.15, 0.2) is 5.78 Å². The van der Waals surface area contributed by atoms with Crippen LogP contribution in [0.25, 0.3) is 0 Å². The number of carbonyl (C=O) groups excluding carboxylic acids is 1. The molecule has 2 rings (SSSR count). The van der Waals surface area contributed by atoms with Gasteiger partial charge in [0, 0.05) is 31.3 Å². The molecule has 1 N–H and O–H groups in total. The second-order valence-electron chi connectivity index (χ2n) is 4.29. The smallest absolute Gasteiger partial charge is 0.195 e. The van der Waals surface area contributed by atoms with Crippen LogP contribution in [0.4, 0.5) is 5.69 Å². The summed E-state index contributed by atoms with van der Waals surface area (Å²) in [4.78, 5) is 14.2. The van der Waals surface area contributed by atoms with Gasteiger partial charge in [-0.1, -0.05) is 30.3 Å². The maximum Gasteiger partial charge on any atom is 0.195 e. The number of hydrogen-bond donors (Lipinski definition) is 1. The van der Waals surface area contributed by atoms with Crippen molar-refractivity contribution in [3.8, 4) is 5.75 Å². The van der Waals surface area contributed by atoms with E-state index in [2.05, 4.69) is 0 Å². The highest BCUT2D eigenvalue weighted by Gasteiger charge is 2.15. The molecule has 18 heavy (non-hydrogen) atoms. The summed E-state index contributed by atoms with van der Waals surface area (Å²) in [6, 6.07) is 13.9. The first-order valence-corrected chi connectivity index (χ1v) is 5.69. The van der Waals surface area contributed by atoms with E-state index < -0.39 is 0 Å². The van der Waals surface area contributed by atoms with Crippen LogP contribution in [0, 0.1) is 0 Å². The second-order valence-corrected chi connectivity index (χ2v) is 4.29. The summed E-state index contributed by atoms with van der Waals surface area (Å²) in [5.41, 5.74) is 1.94. The Balaban J connectivity index is 2.48. The lowest BCUT2D eigenvalue weighted by Crippen LogP contribution is -2.14. The zero-order valence-corrected chi connectivity index (χ0v) is 10.4. The molecule has 3 nitrogen and oxygen atoms in total. The standard InChI is InChI=1S/C15H15NO2/c1-16(2)14-10-12(17)8-9-13(14)15(18)11-6-4-3-5-7-11/h3-10,17H,1-2H3. The highest BCUT2D eigenvalue weighted by molar-refractivity contribution is 6.12. The lowest BCUT2D eigenvalue weighted by atomic mass is 10.0. The zero-order valence-electron chi connectivity index (χ0n) is 10.4. The maximum atomic E-state index is 12.4. The Bertz CT molecular complexity index is 562. The van der Waals surface area contributed by atoms with Crippen molar-refractivity contribution in [3.63, 3.8) is 0 Å². The van der Waals surface area contributed by atoms with Crippen LogP contribution in [0.15, 0.2) is 48.5 Å². The molecule has 0 heterocycles. The second kappa shape index (κ2) is 4.92. The van der Waals surface area contributed by atoms with E-state index in [9.17, 15) is 9.90 Å². The molecule has 92 valence electrons. The molecular formula is C15H15NO2. The van der Waals surface area contributed by atoms with Crippen LogP contribution in [0.1, 0.15) is 15.9 Å². The molecule has 0 atom stereocenters. The molecule has 3 heteroatoms. The Morgan fingerprint density at radius 3 is 2.33 bits per heavy atom. The van der Waals surface area contributed by atoms with Gasteiger partial charge < -0.3 is 10.0 Å². The highest BCUT2D eigenvalue weighted by atomic mass is 16.3. The number of rotatable bonds is 3. The topological polar surface area (TPSA) is 40.5 Å². The largest absolute Gasteiger partial charge is 0.508 e. The molecule has 0 spiro atoms. The van der Waals surface area contributed by atoms with Gasteiger partial charge in [0.05, 0.1) is 5.69 Å². The number of hydrogen-bond acceptors (Lipinski definition) is 3. The summed E-state index contributed by atoms with van der Waals surface area (Å²) >= 11 is 0. The van der Waals surface area contributed by atoms with E-state index >= 15 is 0 Å². The SMILES string of the molecule is CN(C)c1cc(O)ccc1C(=O)c1ccccc1. The molecule has 2 aromatic carbocycles. The predicted octanol–water partition coefficient (Wildman–Crippen LogP) is 2.69. The Hall–Kier alpha value is -2.29. The Labute approximate surface area is 106 Å². The molecule has 0 bridgehead atoms. The Morgan fingerprint density at radius 1 is 1.06 bits per heavy atom. The number of phenolic OH excluding ortho intramolecular Hbond substituents is 1. The third kappa shape index (κ3) is 2.35. The van der Waals surface area contributed by atoms with E-state index in [0.29, 0.717) is 16.8 Å². The zero-order chi connectivity index (χ0) is 13.1. The summed E-state index contributed by atoms with van der Waals surface area (Å²) in [5.74, 6) is 0.114. The molecule has 0 radical (unpaired) electrons. The number of aromatic hydroxyl groups is 1. The summed E-state index contributed by atoms with van der Waals surface area (Å²) < 4.78 is 0. The fourth-order valence-corrected chi connectivity index (χ4v) is 1.83. The van der Waals surface area contributed by atoms with Gasteiger partial charge in [-0.25, -0.2) is 0 Å². The van der Waals surface area contributed by atoms with Crippen molar-refractivity contribution in [3.05, 3.63) is 59.7 Å². The number of ketones is 1. The summed E-state index contributed by atoms with van der Waals surface area (Å²) in [6.45, 7) is 0. The molecule has 2 aromatic rings. The molecule has 0 aromatic heterocycles. The van der Waals surface area contributed by atoms with Crippen LogP contribution in [-0.4, -0.2) is 25.0 Å². The quantitative estimate of drug-likeness (QED) is 0.840. The number of benzene rings is 2. The van der Waals surface area contributed by atoms with Crippen LogP contribution in [0.5, 0.6) is 5.75 Å². The first-order chi connectivity index (χ1) is 8.59. The van der Waals surface area contributed by atoms with Gasteiger partial charge in [-0.05, 0) is 12.1 Å². The normalized spacial score (nSPS) is 10.1. The monoisotopic (exact) mass is 241 g/mol. The molecule has 0 unspecified atom stereocenters. The van der Waals surface area contributed by atoms with E-state index in [1.54, 1.807) is 24.3 Å².